The zero-order chi connectivity index (χ0) is 21.0. The standard InChI is InChI=1S/C22H27BrN2O3/c1-7-10-18-13(4)25(27)14(5)19(20(18)23)22(26)24-21-15(8-2)11-17(28-6)12-16(21)9-3/h7,11-12H,1,8-10H2,2-6H3,(H,24,26). The van der Waals surface area contributed by atoms with Crippen LogP contribution in [0, 0.1) is 19.1 Å². The van der Waals surface area contributed by atoms with Crippen molar-refractivity contribution in [2.24, 2.45) is 0 Å². The van der Waals surface area contributed by atoms with Crippen LogP contribution in [-0.2, 0) is 19.3 Å². The number of hydrogen-bond acceptors (Lipinski definition) is 3. The van der Waals surface area contributed by atoms with E-state index in [9.17, 15) is 10.0 Å². The summed E-state index contributed by atoms with van der Waals surface area (Å²) >= 11 is 3.55. The minimum atomic E-state index is -0.311. The van der Waals surface area contributed by atoms with Crippen molar-refractivity contribution >= 4 is 27.5 Å². The molecule has 1 heterocycles. The van der Waals surface area contributed by atoms with Gasteiger partial charge in [0.1, 0.15) is 11.3 Å². The van der Waals surface area contributed by atoms with Crippen LogP contribution in [0.4, 0.5) is 5.69 Å². The minimum absolute atomic E-state index is 0.311. The van der Waals surface area contributed by atoms with Gasteiger partial charge in [-0.2, -0.15) is 4.73 Å². The number of rotatable bonds is 7. The zero-order valence-electron chi connectivity index (χ0n) is 17.1. The molecule has 0 aliphatic carbocycles. The second-order valence-electron chi connectivity index (χ2n) is 6.61. The molecule has 28 heavy (non-hydrogen) atoms. The molecule has 1 N–H and O–H groups in total. The van der Waals surface area contributed by atoms with E-state index in [-0.39, 0.29) is 5.91 Å². The molecule has 5 nitrogen and oxygen atoms in total. The first kappa shape index (κ1) is 22.0. The molecule has 1 aromatic carbocycles. The third-order valence-corrected chi connectivity index (χ3v) is 5.85. The van der Waals surface area contributed by atoms with Gasteiger partial charge in [0.15, 0.2) is 5.69 Å². The number of pyridine rings is 1. The summed E-state index contributed by atoms with van der Waals surface area (Å²) in [5.41, 5.74) is 4.80. The number of carbonyl (C=O) groups excluding carboxylic acids is 1. The highest BCUT2D eigenvalue weighted by Crippen LogP contribution is 2.31. The second-order valence-corrected chi connectivity index (χ2v) is 7.40. The molecule has 150 valence electrons. The van der Waals surface area contributed by atoms with E-state index in [2.05, 4.69) is 27.8 Å². The number of amides is 1. The number of halogens is 1. The average molecular weight is 447 g/mol. The van der Waals surface area contributed by atoms with E-state index in [0.717, 1.165) is 45.7 Å². The van der Waals surface area contributed by atoms with Gasteiger partial charge in [-0.05, 0) is 58.5 Å². The number of hydrogen-bond donors (Lipinski definition) is 1. The maximum atomic E-state index is 13.2. The fourth-order valence-electron chi connectivity index (χ4n) is 3.34. The zero-order valence-corrected chi connectivity index (χ0v) is 18.7. The van der Waals surface area contributed by atoms with Crippen LogP contribution < -0.4 is 14.8 Å². The predicted octanol–water partition coefficient (Wildman–Crippen LogP) is 4.81. The SMILES string of the molecule is C=CCc1c(Br)c(C(=O)Nc2c(CC)cc(OC)cc2CC)c(C)[n+]([O-])c1C. The molecule has 0 unspecified atom stereocenters. The van der Waals surface area contributed by atoms with Crippen LogP contribution in [0.5, 0.6) is 5.75 Å². The molecule has 0 radical (unpaired) electrons. The number of anilines is 1. The molecule has 2 rings (SSSR count). The van der Waals surface area contributed by atoms with E-state index < -0.39 is 0 Å². The van der Waals surface area contributed by atoms with Crippen LogP contribution in [0.3, 0.4) is 0 Å². The lowest BCUT2D eigenvalue weighted by molar-refractivity contribution is -0.619. The maximum Gasteiger partial charge on any atom is 0.263 e. The molecule has 0 saturated heterocycles. The monoisotopic (exact) mass is 446 g/mol. The summed E-state index contributed by atoms with van der Waals surface area (Å²) in [7, 11) is 1.63. The number of carbonyl (C=O) groups is 1. The summed E-state index contributed by atoms with van der Waals surface area (Å²) < 4.78 is 6.83. The fraction of sp³-hybridized carbons (Fsp3) is 0.364. The average Bonchev–Trinajstić information content (AvgIpc) is 2.69. The Balaban J connectivity index is 2.59. The Bertz CT molecular complexity index is 898. The Kier molecular flexibility index (Phi) is 7.24. The quantitative estimate of drug-likeness (QED) is 0.376. The van der Waals surface area contributed by atoms with Gasteiger partial charge < -0.3 is 15.3 Å². The Morgan fingerprint density at radius 1 is 1.25 bits per heavy atom. The normalized spacial score (nSPS) is 10.6. The van der Waals surface area contributed by atoms with Gasteiger partial charge in [0.25, 0.3) is 5.91 Å². The molecular weight excluding hydrogens is 420 g/mol. The third-order valence-electron chi connectivity index (χ3n) is 4.98. The summed E-state index contributed by atoms with van der Waals surface area (Å²) in [4.78, 5) is 13.2. The van der Waals surface area contributed by atoms with Crippen molar-refractivity contribution in [3.8, 4) is 5.75 Å². The topological polar surface area (TPSA) is 65.3 Å². The molecule has 0 spiro atoms. The molecule has 0 saturated carbocycles. The summed E-state index contributed by atoms with van der Waals surface area (Å²) in [6.07, 6.45) is 3.71. The van der Waals surface area contributed by atoms with Gasteiger partial charge in [0.2, 0.25) is 5.69 Å². The molecule has 0 bridgehead atoms. The highest BCUT2D eigenvalue weighted by atomic mass is 79.9. The Labute approximate surface area is 175 Å². The van der Waals surface area contributed by atoms with Crippen LogP contribution in [0.1, 0.15) is 52.3 Å². The second kappa shape index (κ2) is 9.24. The van der Waals surface area contributed by atoms with Crippen molar-refractivity contribution in [1.29, 1.82) is 0 Å². The van der Waals surface area contributed by atoms with Gasteiger partial charge in [-0.15, -0.1) is 6.58 Å². The predicted molar refractivity (Wildman–Crippen MR) is 116 cm³/mol. The molecule has 6 heteroatoms. The first-order valence-corrected chi connectivity index (χ1v) is 10.1. The van der Waals surface area contributed by atoms with Crippen LogP contribution in [-0.4, -0.2) is 13.0 Å². The van der Waals surface area contributed by atoms with Crippen molar-refractivity contribution in [3.63, 3.8) is 0 Å². The highest BCUT2D eigenvalue weighted by molar-refractivity contribution is 9.10. The number of nitrogens with one attached hydrogen (secondary N) is 1. The Morgan fingerprint density at radius 2 is 1.82 bits per heavy atom. The van der Waals surface area contributed by atoms with Gasteiger partial charge >= 0.3 is 0 Å². The first-order valence-electron chi connectivity index (χ1n) is 9.33. The van der Waals surface area contributed by atoms with E-state index in [1.165, 1.54) is 0 Å². The molecule has 0 fully saturated rings. The van der Waals surface area contributed by atoms with E-state index >= 15 is 0 Å². The van der Waals surface area contributed by atoms with Crippen LogP contribution >= 0.6 is 15.9 Å². The van der Waals surface area contributed by atoms with Gasteiger partial charge in [-0.25, -0.2) is 0 Å². The Hall–Kier alpha value is -2.34. The number of allylic oxidation sites excluding steroid dienone is 1. The summed E-state index contributed by atoms with van der Waals surface area (Å²) in [6.45, 7) is 11.2. The van der Waals surface area contributed by atoms with Gasteiger partial charge in [0, 0.05) is 29.6 Å². The smallest absolute Gasteiger partial charge is 0.263 e. The maximum absolute atomic E-state index is 13.2. The lowest BCUT2D eigenvalue weighted by Gasteiger charge is -2.19. The lowest BCUT2D eigenvalue weighted by Crippen LogP contribution is -2.38. The van der Waals surface area contributed by atoms with Crippen LogP contribution in [0.15, 0.2) is 29.3 Å². The van der Waals surface area contributed by atoms with Crippen molar-refractivity contribution in [2.75, 3.05) is 12.4 Å². The Morgan fingerprint density at radius 3 is 2.29 bits per heavy atom. The van der Waals surface area contributed by atoms with E-state index in [0.29, 0.717) is 27.8 Å². The van der Waals surface area contributed by atoms with Gasteiger partial charge in [-0.1, -0.05) is 19.9 Å². The minimum Gasteiger partial charge on any atom is -0.618 e. The van der Waals surface area contributed by atoms with Crippen molar-refractivity contribution in [3.05, 3.63) is 68.1 Å². The summed E-state index contributed by atoms with van der Waals surface area (Å²) in [6, 6.07) is 3.87. The van der Waals surface area contributed by atoms with E-state index in [4.69, 9.17) is 4.74 Å². The molecule has 0 atom stereocenters. The van der Waals surface area contributed by atoms with Crippen molar-refractivity contribution in [2.45, 2.75) is 47.0 Å². The molecular formula is C22H27BrN2O3. The van der Waals surface area contributed by atoms with E-state index in [1.807, 2.05) is 26.0 Å². The number of aromatic nitrogens is 1. The van der Waals surface area contributed by atoms with Crippen molar-refractivity contribution < 1.29 is 14.3 Å². The third kappa shape index (κ3) is 4.07. The van der Waals surface area contributed by atoms with Gasteiger partial charge in [0.05, 0.1) is 7.11 Å². The van der Waals surface area contributed by atoms with Gasteiger partial charge in [-0.3, -0.25) is 4.79 Å². The van der Waals surface area contributed by atoms with Crippen LogP contribution in [0.25, 0.3) is 0 Å². The molecule has 0 aliphatic rings. The number of ether oxygens (including phenoxy) is 1. The fourth-order valence-corrected chi connectivity index (χ4v) is 4.25. The number of methoxy groups -OCH3 is 1. The molecule has 1 amide bonds. The number of nitrogens with zero attached hydrogens (tertiary/aromatic N) is 1. The molecule has 2 aromatic rings. The molecule has 1 aromatic heterocycles. The lowest BCUT2D eigenvalue weighted by atomic mass is 10.0. The molecule has 0 aliphatic heterocycles. The van der Waals surface area contributed by atoms with Crippen molar-refractivity contribution in [1.82, 2.24) is 0 Å². The van der Waals surface area contributed by atoms with E-state index in [1.54, 1.807) is 27.0 Å². The summed E-state index contributed by atoms with van der Waals surface area (Å²) in [5.74, 6) is 0.457. The first-order chi connectivity index (χ1) is 13.3. The van der Waals surface area contributed by atoms with Crippen LogP contribution in [0.2, 0.25) is 0 Å². The summed E-state index contributed by atoms with van der Waals surface area (Å²) in [5, 5.41) is 15.6. The largest absolute Gasteiger partial charge is 0.618 e. The number of benzene rings is 1. The highest BCUT2D eigenvalue weighted by Gasteiger charge is 2.27. The number of aryl methyl sites for hydroxylation is 2.